The molecule has 1 fully saturated rings. The summed E-state index contributed by atoms with van der Waals surface area (Å²) in [7, 11) is 1.58. The Morgan fingerprint density at radius 3 is 3.05 bits per heavy atom. The van der Waals surface area contributed by atoms with Crippen molar-refractivity contribution in [2.45, 2.75) is 18.9 Å². The highest BCUT2D eigenvalue weighted by atomic mass is 35.5. The van der Waals surface area contributed by atoms with Crippen molar-refractivity contribution in [3.8, 4) is 5.75 Å². The van der Waals surface area contributed by atoms with Gasteiger partial charge in [0.25, 0.3) is 0 Å². The highest BCUT2D eigenvalue weighted by Crippen LogP contribution is 2.25. The van der Waals surface area contributed by atoms with Crippen molar-refractivity contribution in [2.75, 3.05) is 24.4 Å². The summed E-state index contributed by atoms with van der Waals surface area (Å²) < 4.78 is 5.15. The van der Waals surface area contributed by atoms with E-state index in [9.17, 15) is 9.59 Å². The molecule has 0 aliphatic carbocycles. The van der Waals surface area contributed by atoms with Crippen LogP contribution in [0.15, 0.2) is 24.3 Å². The van der Waals surface area contributed by atoms with Crippen molar-refractivity contribution in [3.05, 3.63) is 24.3 Å². The number of hydrogen-bond acceptors (Lipinski definition) is 3. The lowest BCUT2D eigenvalue weighted by Gasteiger charge is -2.17. The maximum atomic E-state index is 12.0. The van der Waals surface area contributed by atoms with Crippen LogP contribution in [0.2, 0.25) is 0 Å². The van der Waals surface area contributed by atoms with Gasteiger partial charge in [-0.15, -0.1) is 11.6 Å². The second-order valence-electron chi connectivity index (χ2n) is 4.61. The largest absolute Gasteiger partial charge is 0.497 e. The Labute approximate surface area is 122 Å². The number of halogens is 1. The minimum atomic E-state index is -0.163. The molecule has 6 heteroatoms. The third-order valence-electron chi connectivity index (χ3n) is 3.18. The van der Waals surface area contributed by atoms with Gasteiger partial charge in [0.1, 0.15) is 5.75 Å². The molecule has 1 aromatic rings. The SMILES string of the molecule is COc1cccc(N2CC(NC(=O)CCCl)CC2=O)c1. The molecule has 0 radical (unpaired) electrons. The molecule has 2 amide bonds. The molecule has 1 unspecified atom stereocenters. The first kappa shape index (κ1) is 14.7. The smallest absolute Gasteiger partial charge is 0.229 e. The number of methoxy groups -OCH3 is 1. The average Bonchev–Trinajstić information content (AvgIpc) is 2.79. The van der Waals surface area contributed by atoms with Gasteiger partial charge in [0.05, 0.1) is 13.2 Å². The van der Waals surface area contributed by atoms with Gasteiger partial charge < -0.3 is 15.0 Å². The molecule has 5 nitrogen and oxygen atoms in total. The molecule has 1 aromatic carbocycles. The zero-order valence-corrected chi connectivity index (χ0v) is 12.0. The Morgan fingerprint density at radius 1 is 1.55 bits per heavy atom. The number of ether oxygens (including phenoxy) is 1. The molecular formula is C14H17ClN2O3. The van der Waals surface area contributed by atoms with Crippen LogP contribution in [0.3, 0.4) is 0 Å². The Morgan fingerprint density at radius 2 is 2.35 bits per heavy atom. The fraction of sp³-hybridized carbons (Fsp3) is 0.429. The first-order valence-electron chi connectivity index (χ1n) is 6.43. The van der Waals surface area contributed by atoms with Crippen LogP contribution in [0.25, 0.3) is 0 Å². The van der Waals surface area contributed by atoms with Crippen LogP contribution in [0.5, 0.6) is 5.75 Å². The van der Waals surface area contributed by atoms with Gasteiger partial charge in [-0.1, -0.05) is 6.07 Å². The average molecular weight is 297 g/mol. The monoisotopic (exact) mass is 296 g/mol. The molecule has 1 atom stereocenters. The summed E-state index contributed by atoms with van der Waals surface area (Å²) in [5.41, 5.74) is 0.781. The van der Waals surface area contributed by atoms with E-state index in [0.717, 1.165) is 5.69 Å². The number of amides is 2. The van der Waals surface area contributed by atoms with Crippen LogP contribution in [0.4, 0.5) is 5.69 Å². The molecule has 0 spiro atoms. The lowest BCUT2D eigenvalue weighted by atomic mass is 10.2. The van der Waals surface area contributed by atoms with Gasteiger partial charge in [0.15, 0.2) is 0 Å². The van der Waals surface area contributed by atoms with E-state index in [0.29, 0.717) is 18.7 Å². The van der Waals surface area contributed by atoms with Crippen molar-refractivity contribution in [2.24, 2.45) is 0 Å². The number of alkyl halides is 1. The van der Waals surface area contributed by atoms with Crippen LogP contribution in [0.1, 0.15) is 12.8 Å². The standard InChI is InChI=1S/C14H17ClN2O3/c1-20-12-4-2-3-11(8-12)17-9-10(7-14(17)19)16-13(18)5-6-15/h2-4,8,10H,5-7,9H2,1H3,(H,16,18). The van der Waals surface area contributed by atoms with E-state index < -0.39 is 0 Å². The molecular weight excluding hydrogens is 280 g/mol. The van der Waals surface area contributed by atoms with Gasteiger partial charge >= 0.3 is 0 Å². The number of anilines is 1. The van der Waals surface area contributed by atoms with Crippen LogP contribution in [-0.2, 0) is 9.59 Å². The number of carbonyl (C=O) groups is 2. The summed E-state index contributed by atoms with van der Waals surface area (Å²) in [6.45, 7) is 0.472. The maximum Gasteiger partial charge on any atom is 0.229 e. The Bertz CT molecular complexity index is 507. The van der Waals surface area contributed by atoms with E-state index in [1.54, 1.807) is 18.1 Å². The number of nitrogens with one attached hydrogen (secondary N) is 1. The molecule has 0 bridgehead atoms. The quantitative estimate of drug-likeness (QED) is 0.839. The number of nitrogens with zero attached hydrogens (tertiary/aromatic N) is 1. The van der Waals surface area contributed by atoms with E-state index >= 15 is 0 Å². The third kappa shape index (κ3) is 3.42. The predicted octanol–water partition coefficient (Wildman–Crippen LogP) is 1.55. The molecule has 1 heterocycles. The fourth-order valence-corrected chi connectivity index (χ4v) is 2.39. The van der Waals surface area contributed by atoms with E-state index in [1.165, 1.54) is 0 Å². The first-order valence-corrected chi connectivity index (χ1v) is 6.97. The summed E-state index contributed by atoms with van der Waals surface area (Å²) in [6, 6.07) is 7.15. The topological polar surface area (TPSA) is 58.6 Å². The molecule has 1 saturated heterocycles. The summed E-state index contributed by atoms with van der Waals surface area (Å²) in [6.07, 6.45) is 0.580. The van der Waals surface area contributed by atoms with Gasteiger partial charge in [-0.25, -0.2) is 0 Å². The molecule has 0 saturated carbocycles. The molecule has 20 heavy (non-hydrogen) atoms. The molecule has 108 valence electrons. The minimum absolute atomic E-state index is 0.00516. The Kier molecular flexibility index (Phi) is 4.84. The van der Waals surface area contributed by atoms with E-state index in [1.807, 2.05) is 18.2 Å². The molecule has 0 aromatic heterocycles. The Balaban J connectivity index is 2.03. The van der Waals surface area contributed by atoms with Crippen molar-refractivity contribution < 1.29 is 14.3 Å². The van der Waals surface area contributed by atoms with Crippen molar-refractivity contribution in [3.63, 3.8) is 0 Å². The molecule has 1 aliphatic rings. The summed E-state index contributed by atoms with van der Waals surface area (Å²) >= 11 is 5.52. The first-order chi connectivity index (χ1) is 9.63. The second kappa shape index (κ2) is 6.61. The van der Waals surface area contributed by atoms with Crippen molar-refractivity contribution >= 4 is 29.1 Å². The summed E-state index contributed by atoms with van der Waals surface area (Å²) in [5, 5.41) is 2.82. The molecule has 1 aliphatic heterocycles. The Hall–Kier alpha value is -1.75. The molecule has 2 rings (SSSR count). The lowest BCUT2D eigenvalue weighted by molar-refractivity contribution is -0.121. The zero-order valence-electron chi connectivity index (χ0n) is 11.3. The number of hydrogen-bond donors (Lipinski definition) is 1. The van der Waals surface area contributed by atoms with Crippen molar-refractivity contribution in [1.29, 1.82) is 0 Å². The molecule has 1 N–H and O–H groups in total. The highest BCUT2D eigenvalue weighted by Gasteiger charge is 2.31. The van der Waals surface area contributed by atoms with Crippen LogP contribution in [-0.4, -0.2) is 37.4 Å². The van der Waals surface area contributed by atoms with E-state index in [-0.39, 0.29) is 30.2 Å². The van der Waals surface area contributed by atoms with Gasteiger partial charge in [-0.3, -0.25) is 9.59 Å². The van der Waals surface area contributed by atoms with Gasteiger partial charge in [0, 0.05) is 37.0 Å². The summed E-state index contributed by atoms with van der Waals surface area (Å²) in [4.78, 5) is 25.2. The van der Waals surface area contributed by atoms with Gasteiger partial charge in [-0.05, 0) is 12.1 Å². The second-order valence-corrected chi connectivity index (χ2v) is 4.99. The summed E-state index contributed by atoms with van der Waals surface area (Å²) in [5.74, 6) is 0.858. The highest BCUT2D eigenvalue weighted by molar-refractivity contribution is 6.18. The van der Waals surface area contributed by atoms with Gasteiger partial charge in [-0.2, -0.15) is 0 Å². The third-order valence-corrected chi connectivity index (χ3v) is 3.37. The van der Waals surface area contributed by atoms with E-state index in [4.69, 9.17) is 16.3 Å². The van der Waals surface area contributed by atoms with Gasteiger partial charge in [0.2, 0.25) is 11.8 Å². The fourth-order valence-electron chi connectivity index (χ4n) is 2.22. The van der Waals surface area contributed by atoms with Crippen LogP contribution < -0.4 is 15.0 Å². The number of carbonyl (C=O) groups excluding carboxylic acids is 2. The lowest BCUT2D eigenvalue weighted by Crippen LogP contribution is -2.37. The number of benzene rings is 1. The van der Waals surface area contributed by atoms with Crippen molar-refractivity contribution in [1.82, 2.24) is 5.32 Å². The zero-order chi connectivity index (χ0) is 14.5. The van der Waals surface area contributed by atoms with E-state index in [2.05, 4.69) is 5.32 Å². The minimum Gasteiger partial charge on any atom is -0.497 e. The predicted molar refractivity (Wildman–Crippen MR) is 77.2 cm³/mol. The van der Waals surface area contributed by atoms with Crippen LogP contribution in [0, 0.1) is 0 Å². The number of rotatable bonds is 5. The maximum absolute atomic E-state index is 12.0. The van der Waals surface area contributed by atoms with Crippen LogP contribution >= 0.6 is 11.6 Å². The normalized spacial score (nSPS) is 18.2.